The lowest BCUT2D eigenvalue weighted by Gasteiger charge is -2.36. The molecule has 0 amide bonds. The van der Waals surface area contributed by atoms with Crippen molar-refractivity contribution in [2.24, 2.45) is 0 Å². The van der Waals surface area contributed by atoms with Crippen LogP contribution in [0, 0.1) is 6.92 Å². The number of aromatic nitrogens is 1. The number of piperazine rings is 1. The molecule has 0 radical (unpaired) electrons. The number of fused-ring (bicyclic) bond motifs is 1. The highest BCUT2D eigenvalue weighted by Gasteiger charge is 2.19. The molecule has 0 unspecified atom stereocenters. The first kappa shape index (κ1) is 20.9. The van der Waals surface area contributed by atoms with Crippen LogP contribution < -0.4 is 14.4 Å². The van der Waals surface area contributed by atoms with Crippen molar-refractivity contribution < 1.29 is 13.4 Å². The fourth-order valence-corrected chi connectivity index (χ4v) is 4.48. The van der Waals surface area contributed by atoms with Gasteiger partial charge in [0.05, 0.1) is 26.4 Å². The molecule has 0 spiro atoms. The number of rotatable bonds is 7. The predicted octanol–water partition coefficient (Wildman–Crippen LogP) is 4.83. The number of methoxy groups -OCH3 is 2. The number of nitrogens with zero attached hydrogens (tertiary/aromatic N) is 2. The number of ether oxygens (including phenoxy) is 2. The number of aryl methyl sites for hydroxylation is 1. The van der Waals surface area contributed by atoms with Crippen LogP contribution in [0.25, 0.3) is 10.9 Å². The Morgan fingerprint density at radius 1 is 1.00 bits per heavy atom. The number of hydrogen-bond donors (Lipinski definition) is 1. The molecule has 1 N–H and O–H groups in total. The largest absolute Gasteiger partial charge is 0.493 e. The average Bonchev–Trinajstić information content (AvgIpc) is 3.10. The second kappa shape index (κ2) is 9.18. The zero-order valence-corrected chi connectivity index (χ0v) is 18.5. The Hall–Kier alpha value is -2.38. The molecule has 0 saturated carbocycles. The number of nitrogens with one attached hydrogen (secondary N) is 1. The van der Waals surface area contributed by atoms with Crippen molar-refractivity contribution in [2.45, 2.75) is 18.2 Å². The van der Waals surface area contributed by atoms with Crippen molar-refractivity contribution in [3.8, 4) is 11.5 Å². The van der Waals surface area contributed by atoms with Gasteiger partial charge in [-0.05, 0) is 49.2 Å². The minimum atomic E-state index is 0.292. The van der Waals surface area contributed by atoms with Crippen molar-refractivity contribution in [3.63, 3.8) is 0 Å². The van der Waals surface area contributed by atoms with Crippen molar-refractivity contribution in [2.75, 3.05) is 51.8 Å². The van der Waals surface area contributed by atoms with E-state index in [-0.39, 0.29) is 0 Å². The van der Waals surface area contributed by atoms with E-state index in [0.717, 1.165) is 56.2 Å². The lowest BCUT2D eigenvalue weighted by molar-refractivity contribution is 0.261. The maximum Gasteiger partial charge on any atom is 0.162 e. The Morgan fingerprint density at radius 3 is 2.30 bits per heavy atom. The molecule has 2 aromatic carbocycles. The Kier molecular flexibility index (Phi) is 6.39. The van der Waals surface area contributed by atoms with E-state index in [2.05, 4.69) is 27.8 Å². The standard InChI is InChI=1S/C23H28FN3O2S/c1-16-19(20-14-22(28-2)23(29-3)15-21(20)25-16)8-9-26-10-12-27(13-11-26)17-4-6-18(30-24)7-5-17/h4-7,14-15,25H,8-13H2,1-3H3. The lowest BCUT2D eigenvalue weighted by atomic mass is 10.1. The fourth-order valence-electron chi connectivity index (χ4n) is 4.24. The molecule has 1 saturated heterocycles. The molecule has 5 nitrogen and oxygen atoms in total. The van der Waals surface area contributed by atoms with E-state index in [1.54, 1.807) is 14.2 Å². The first-order chi connectivity index (χ1) is 14.6. The van der Waals surface area contributed by atoms with Crippen molar-refractivity contribution in [1.29, 1.82) is 0 Å². The van der Waals surface area contributed by atoms with Crippen LogP contribution in [0.4, 0.5) is 9.57 Å². The van der Waals surface area contributed by atoms with Crippen LogP contribution in [-0.4, -0.2) is 56.8 Å². The summed E-state index contributed by atoms with van der Waals surface area (Å²) in [4.78, 5) is 9.03. The van der Waals surface area contributed by atoms with Gasteiger partial charge in [0.15, 0.2) is 11.5 Å². The zero-order chi connectivity index (χ0) is 21.1. The second-order valence-corrected chi connectivity index (χ2v) is 8.26. The first-order valence-corrected chi connectivity index (χ1v) is 10.9. The van der Waals surface area contributed by atoms with Crippen LogP contribution in [0.5, 0.6) is 11.5 Å². The molecule has 1 fully saturated rings. The minimum Gasteiger partial charge on any atom is -0.493 e. The van der Waals surface area contributed by atoms with Gasteiger partial charge in [0.2, 0.25) is 0 Å². The van der Waals surface area contributed by atoms with Crippen molar-refractivity contribution >= 4 is 28.7 Å². The Balaban J connectivity index is 1.39. The highest BCUT2D eigenvalue weighted by molar-refractivity contribution is 7.94. The van der Waals surface area contributed by atoms with E-state index in [1.165, 1.54) is 22.3 Å². The minimum absolute atomic E-state index is 0.292. The molecule has 160 valence electrons. The van der Waals surface area contributed by atoms with Crippen LogP contribution in [0.3, 0.4) is 0 Å². The number of aromatic amines is 1. The summed E-state index contributed by atoms with van der Waals surface area (Å²) in [6.45, 7) is 7.18. The quantitative estimate of drug-likeness (QED) is 0.582. The summed E-state index contributed by atoms with van der Waals surface area (Å²) in [5.74, 6) is 1.50. The van der Waals surface area contributed by atoms with E-state index in [0.29, 0.717) is 17.0 Å². The molecule has 0 aliphatic carbocycles. The summed E-state index contributed by atoms with van der Waals surface area (Å²) in [5, 5.41) is 1.20. The number of benzene rings is 2. The molecule has 7 heteroatoms. The molecule has 30 heavy (non-hydrogen) atoms. The maximum absolute atomic E-state index is 12.6. The molecule has 1 aromatic heterocycles. The third-order valence-corrected chi connectivity index (χ3v) is 6.42. The van der Waals surface area contributed by atoms with Gasteiger partial charge in [-0.3, -0.25) is 4.90 Å². The van der Waals surface area contributed by atoms with Gasteiger partial charge in [0.1, 0.15) is 0 Å². The molecular formula is C23H28FN3O2S. The normalized spacial score (nSPS) is 15.0. The number of hydrogen-bond acceptors (Lipinski definition) is 5. The second-order valence-electron chi connectivity index (χ2n) is 7.63. The molecule has 2 heterocycles. The topological polar surface area (TPSA) is 40.7 Å². The number of anilines is 1. The molecular weight excluding hydrogens is 401 g/mol. The predicted molar refractivity (Wildman–Crippen MR) is 122 cm³/mol. The average molecular weight is 430 g/mol. The molecule has 4 rings (SSSR count). The van der Waals surface area contributed by atoms with E-state index in [1.807, 2.05) is 30.3 Å². The highest BCUT2D eigenvalue weighted by Crippen LogP contribution is 2.35. The SMILES string of the molecule is COc1cc2[nH]c(C)c(CCN3CCN(c4ccc(SF)cc4)CC3)c2cc1OC. The smallest absolute Gasteiger partial charge is 0.162 e. The Labute approximate surface area is 181 Å². The van der Waals surface area contributed by atoms with E-state index < -0.39 is 0 Å². The van der Waals surface area contributed by atoms with Gasteiger partial charge in [-0.2, -0.15) is 3.89 Å². The fraction of sp³-hybridized carbons (Fsp3) is 0.391. The summed E-state index contributed by atoms with van der Waals surface area (Å²) in [5.41, 5.74) is 4.79. The number of H-pyrrole nitrogens is 1. The van der Waals surface area contributed by atoms with Gasteiger partial charge < -0.3 is 19.4 Å². The van der Waals surface area contributed by atoms with Crippen LogP contribution in [0.1, 0.15) is 11.3 Å². The molecule has 3 aromatic rings. The summed E-state index contributed by atoms with van der Waals surface area (Å²) < 4.78 is 23.6. The summed E-state index contributed by atoms with van der Waals surface area (Å²) in [6.07, 6.45) is 0.990. The zero-order valence-electron chi connectivity index (χ0n) is 17.7. The van der Waals surface area contributed by atoms with Crippen molar-refractivity contribution in [1.82, 2.24) is 9.88 Å². The van der Waals surface area contributed by atoms with Crippen LogP contribution in [0.15, 0.2) is 41.3 Å². The molecule has 0 bridgehead atoms. The summed E-state index contributed by atoms with van der Waals surface area (Å²) in [7, 11) is 3.33. The third kappa shape index (κ3) is 4.23. The van der Waals surface area contributed by atoms with Gasteiger partial charge in [-0.1, -0.05) is 0 Å². The van der Waals surface area contributed by atoms with Gasteiger partial charge in [-0.25, -0.2) is 0 Å². The lowest BCUT2D eigenvalue weighted by Crippen LogP contribution is -2.47. The van der Waals surface area contributed by atoms with Gasteiger partial charge in [0.25, 0.3) is 0 Å². The Bertz CT molecular complexity index is 998. The molecule has 1 aliphatic heterocycles. The van der Waals surface area contributed by atoms with Gasteiger partial charge in [0, 0.05) is 66.0 Å². The summed E-state index contributed by atoms with van der Waals surface area (Å²) in [6, 6.07) is 11.8. The third-order valence-electron chi connectivity index (χ3n) is 5.96. The van der Waals surface area contributed by atoms with Crippen LogP contribution in [-0.2, 0) is 6.42 Å². The van der Waals surface area contributed by atoms with E-state index in [4.69, 9.17) is 9.47 Å². The van der Waals surface area contributed by atoms with Gasteiger partial charge in [-0.15, -0.1) is 0 Å². The molecule has 0 atom stereocenters. The maximum atomic E-state index is 12.6. The van der Waals surface area contributed by atoms with Crippen LogP contribution >= 0.6 is 12.1 Å². The van der Waals surface area contributed by atoms with E-state index >= 15 is 0 Å². The molecule has 1 aliphatic rings. The van der Waals surface area contributed by atoms with Crippen LogP contribution in [0.2, 0.25) is 0 Å². The van der Waals surface area contributed by atoms with Crippen molar-refractivity contribution in [3.05, 3.63) is 47.7 Å². The van der Waals surface area contributed by atoms with E-state index in [9.17, 15) is 3.89 Å². The Morgan fingerprint density at radius 2 is 1.67 bits per heavy atom. The van der Waals surface area contributed by atoms with Gasteiger partial charge >= 0.3 is 0 Å². The number of halogens is 1. The summed E-state index contributed by atoms with van der Waals surface area (Å²) >= 11 is 0.292. The first-order valence-electron chi connectivity index (χ1n) is 10.2. The monoisotopic (exact) mass is 429 g/mol. The highest BCUT2D eigenvalue weighted by atomic mass is 32.2.